The molecule has 0 saturated heterocycles. The van der Waals surface area contributed by atoms with E-state index in [0.29, 0.717) is 5.92 Å². The van der Waals surface area contributed by atoms with Gasteiger partial charge in [-0.3, -0.25) is 15.1 Å². The predicted octanol–water partition coefficient (Wildman–Crippen LogP) is 6.40. The minimum Gasteiger partial charge on any atom is -0.258 e. The number of hydrogen-bond donors (Lipinski definition) is 0. The quantitative estimate of drug-likeness (QED) is 0.370. The van der Waals surface area contributed by atoms with Gasteiger partial charge in [-0.05, 0) is 66.3 Å². The minimum atomic E-state index is -0.364. The Morgan fingerprint density at radius 1 is 0.935 bits per heavy atom. The van der Waals surface area contributed by atoms with Gasteiger partial charge in [-0.1, -0.05) is 48.5 Å². The van der Waals surface area contributed by atoms with Gasteiger partial charge >= 0.3 is 0 Å². The maximum absolute atomic E-state index is 11.0. The first-order valence-corrected chi connectivity index (χ1v) is 10.6. The molecule has 1 aliphatic heterocycles. The van der Waals surface area contributed by atoms with Gasteiger partial charge in [0, 0.05) is 18.1 Å². The van der Waals surface area contributed by atoms with E-state index in [1.807, 2.05) is 36.4 Å². The Bertz CT molecular complexity index is 1140. The van der Waals surface area contributed by atoms with Crippen LogP contribution < -0.4 is 5.01 Å². The van der Waals surface area contributed by atoms with E-state index < -0.39 is 0 Å². The number of benzene rings is 3. The number of rotatable bonds is 4. The van der Waals surface area contributed by atoms with Crippen molar-refractivity contribution < 1.29 is 4.92 Å². The van der Waals surface area contributed by atoms with Crippen molar-refractivity contribution in [1.82, 2.24) is 0 Å². The lowest BCUT2D eigenvalue weighted by Gasteiger charge is -2.30. The molecule has 1 heterocycles. The maximum Gasteiger partial charge on any atom is 0.269 e. The van der Waals surface area contributed by atoms with Crippen LogP contribution in [0.5, 0.6) is 0 Å². The fraction of sp³-hybridized carbons (Fsp3) is 0.192. The number of hydrazone groups is 1. The maximum atomic E-state index is 11.0. The normalized spacial score (nSPS) is 21.6. The van der Waals surface area contributed by atoms with Crippen LogP contribution in [0, 0.1) is 16.0 Å². The second kappa shape index (κ2) is 8.19. The topological polar surface area (TPSA) is 58.7 Å². The monoisotopic (exact) mass is 409 g/mol. The molecule has 3 aromatic rings. The highest BCUT2D eigenvalue weighted by Gasteiger charge is 2.41. The molecule has 0 bridgehead atoms. The lowest BCUT2D eigenvalue weighted by Crippen LogP contribution is -2.28. The summed E-state index contributed by atoms with van der Waals surface area (Å²) in [4.78, 5) is 10.6. The van der Waals surface area contributed by atoms with Crippen molar-refractivity contribution in [3.8, 4) is 0 Å². The van der Waals surface area contributed by atoms with Crippen molar-refractivity contribution in [3.63, 3.8) is 0 Å². The van der Waals surface area contributed by atoms with E-state index >= 15 is 0 Å². The molecule has 2 aliphatic rings. The Morgan fingerprint density at radius 2 is 1.61 bits per heavy atom. The van der Waals surface area contributed by atoms with Crippen molar-refractivity contribution >= 4 is 23.2 Å². The van der Waals surface area contributed by atoms with Gasteiger partial charge in [-0.2, -0.15) is 5.10 Å². The number of allylic oxidation sites excluding steroid dienone is 1. The molecular weight excluding hydrogens is 386 g/mol. The molecule has 1 saturated carbocycles. The zero-order chi connectivity index (χ0) is 21.2. The van der Waals surface area contributed by atoms with Gasteiger partial charge in [0.2, 0.25) is 0 Å². The molecule has 0 radical (unpaired) electrons. The summed E-state index contributed by atoms with van der Waals surface area (Å²) in [5.41, 5.74) is 5.81. The van der Waals surface area contributed by atoms with E-state index in [-0.39, 0.29) is 16.7 Å². The molecule has 5 heteroatoms. The molecule has 0 spiro atoms. The molecule has 0 unspecified atom stereocenters. The zero-order valence-electron chi connectivity index (χ0n) is 17.1. The number of nitrogens with zero attached hydrogens (tertiary/aromatic N) is 3. The third-order valence-corrected chi connectivity index (χ3v) is 6.11. The molecule has 5 rings (SSSR count). The summed E-state index contributed by atoms with van der Waals surface area (Å²) in [7, 11) is 0. The SMILES string of the molecule is O=[N+]([O-])c1ccc(/C=C2/CCC[C@H]3C2=NN(c2ccccc2)[C@@H]3c2ccccc2)cc1. The number of para-hydroxylation sites is 1. The highest BCUT2D eigenvalue weighted by molar-refractivity contribution is 6.08. The Hall–Kier alpha value is -3.73. The van der Waals surface area contributed by atoms with Gasteiger partial charge in [-0.15, -0.1) is 0 Å². The van der Waals surface area contributed by atoms with E-state index in [4.69, 9.17) is 5.10 Å². The van der Waals surface area contributed by atoms with Crippen LogP contribution in [0.3, 0.4) is 0 Å². The van der Waals surface area contributed by atoms with Crippen molar-refractivity contribution in [3.05, 3.63) is 112 Å². The largest absolute Gasteiger partial charge is 0.269 e. The number of anilines is 1. The van der Waals surface area contributed by atoms with E-state index in [2.05, 4.69) is 47.5 Å². The number of non-ortho nitro benzene ring substituents is 1. The van der Waals surface area contributed by atoms with Gasteiger partial charge in [0.25, 0.3) is 5.69 Å². The van der Waals surface area contributed by atoms with Crippen LogP contribution in [-0.4, -0.2) is 10.6 Å². The number of hydrogen-bond acceptors (Lipinski definition) is 4. The summed E-state index contributed by atoms with van der Waals surface area (Å²) in [5, 5.41) is 18.3. The number of nitro groups is 1. The summed E-state index contributed by atoms with van der Waals surface area (Å²) >= 11 is 0. The van der Waals surface area contributed by atoms with Crippen LogP contribution >= 0.6 is 0 Å². The van der Waals surface area contributed by atoms with E-state index in [1.54, 1.807) is 12.1 Å². The first kappa shape index (κ1) is 19.2. The van der Waals surface area contributed by atoms with Crippen LogP contribution in [0.4, 0.5) is 11.4 Å². The van der Waals surface area contributed by atoms with Gasteiger partial charge in [0.1, 0.15) is 0 Å². The molecule has 0 amide bonds. The summed E-state index contributed by atoms with van der Waals surface area (Å²) in [6, 6.07) is 27.9. The van der Waals surface area contributed by atoms with Gasteiger partial charge in [0.05, 0.1) is 22.4 Å². The lowest BCUT2D eigenvalue weighted by molar-refractivity contribution is -0.384. The smallest absolute Gasteiger partial charge is 0.258 e. The molecule has 1 aliphatic carbocycles. The van der Waals surface area contributed by atoms with Crippen LogP contribution in [0.2, 0.25) is 0 Å². The first-order chi connectivity index (χ1) is 15.2. The fourth-order valence-corrected chi connectivity index (χ4v) is 4.67. The van der Waals surface area contributed by atoms with Crippen LogP contribution in [0.25, 0.3) is 6.08 Å². The summed E-state index contributed by atoms with van der Waals surface area (Å²) in [6.45, 7) is 0. The Morgan fingerprint density at radius 3 is 2.29 bits per heavy atom. The molecular formula is C26H23N3O2. The second-order valence-electron chi connectivity index (χ2n) is 8.04. The van der Waals surface area contributed by atoms with E-state index in [9.17, 15) is 10.1 Å². The molecule has 154 valence electrons. The van der Waals surface area contributed by atoms with Crippen LogP contribution in [0.15, 0.2) is 95.6 Å². The minimum absolute atomic E-state index is 0.112. The van der Waals surface area contributed by atoms with Gasteiger partial charge in [0.15, 0.2) is 0 Å². The molecule has 0 N–H and O–H groups in total. The number of fused-ring (bicyclic) bond motifs is 1. The van der Waals surface area contributed by atoms with E-state index in [0.717, 1.165) is 36.2 Å². The highest BCUT2D eigenvalue weighted by atomic mass is 16.6. The number of nitro benzene ring substituents is 1. The Kier molecular flexibility index (Phi) is 5.08. The van der Waals surface area contributed by atoms with Crippen LogP contribution in [0.1, 0.15) is 36.4 Å². The van der Waals surface area contributed by atoms with Crippen molar-refractivity contribution in [2.45, 2.75) is 25.3 Å². The van der Waals surface area contributed by atoms with E-state index in [1.165, 1.54) is 11.1 Å². The zero-order valence-corrected chi connectivity index (χ0v) is 17.1. The average molecular weight is 409 g/mol. The Labute approximate surface area is 181 Å². The molecule has 3 aromatic carbocycles. The fourth-order valence-electron chi connectivity index (χ4n) is 4.67. The van der Waals surface area contributed by atoms with Crippen molar-refractivity contribution in [2.75, 3.05) is 5.01 Å². The average Bonchev–Trinajstić information content (AvgIpc) is 3.21. The molecule has 31 heavy (non-hydrogen) atoms. The lowest BCUT2D eigenvalue weighted by atomic mass is 9.77. The van der Waals surface area contributed by atoms with Gasteiger partial charge < -0.3 is 0 Å². The molecule has 0 aromatic heterocycles. The molecule has 2 atom stereocenters. The summed E-state index contributed by atoms with van der Waals surface area (Å²) in [6.07, 6.45) is 5.31. The second-order valence-corrected chi connectivity index (χ2v) is 8.04. The molecule has 5 nitrogen and oxygen atoms in total. The molecule has 1 fully saturated rings. The predicted molar refractivity (Wildman–Crippen MR) is 124 cm³/mol. The van der Waals surface area contributed by atoms with Crippen LogP contribution in [-0.2, 0) is 0 Å². The summed E-state index contributed by atoms with van der Waals surface area (Å²) < 4.78 is 0. The van der Waals surface area contributed by atoms with Crippen molar-refractivity contribution in [1.29, 1.82) is 0 Å². The third kappa shape index (κ3) is 3.75. The summed E-state index contributed by atoms with van der Waals surface area (Å²) in [5.74, 6) is 0.320. The first-order valence-electron chi connectivity index (χ1n) is 10.6. The van der Waals surface area contributed by atoms with Crippen molar-refractivity contribution in [2.24, 2.45) is 11.0 Å². The highest BCUT2D eigenvalue weighted by Crippen LogP contribution is 2.46. The standard InChI is InChI=1S/C26H23N3O2/c30-29(31)23-16-14-19(15-17-23)18-21-10-7-13-24-25(21)27-28(22-11-5-2-6-12-22)26(24)20-8-3-1-4-9-20/h1-6,8-9,11-12,14-18,24,26H,7,10,13H2/b21-18-/t24-,26+/m0/s1. The Balaban J connectivity index is 1.55. The van der Waals surface area contributed by atoms with Gasteiger partial charge in [-0.25, -0.2) is 0 Å². The third-order valence-electron chi connectivity index (χ3n) is 6.11.